The predicted molar refractivity (Wildman–Crippen MR) is 78.0 cm³/mol. The van der Waals surface area contributed by atoms with Gasteiger partial charge in [0.05, 0.1) is 23.8 Å². The number of esters is 1. The van der Waals surface area contributed by atoms with E-state index in [1.165, 1.54) is 7.11 Å². The first-order valence-corrected chi connectivity index (χ1v) is 7.80. The van der Waals surface area contributed by atoms with Crippen LogP contribution in [0.3, 0.4) is 0 Å². The Labute approximate surface area is 122 Å². The summed E-state index contributed by atoms with van der Waals surface area (Å²) in [5, 5.41) is 3.01. The Morgan fingerprint density at radius 2 is 2.10 bits per heavy atom. The Morgan fingerprint density at radius 1 is 1.35 bits per heavy atom. The van der Waals surface area contributed by atoms with Gasteiger partial charge in [-0.1, -0.05) is 18.9 Å². The van der Waals surface area contributed by atoms with E-state index in [1.54, 1.807) is 23.9 Å². The van der Waals surface area contributed by atoms with Crippen molar-refractivity contribution < 1.29 is 14.3 Å². The zero-order valence-corrected chi connectivity index (χ0v) is 12.2. The number of thioether (sulfide) groups is 1. The number of hydrogen-bond acceptors (Lipinski definition) is 4. The van der Waals surface area contributed by atoms with Crippen LogP contribution in [0, 0.1) is 5.41 Å². The van der Waals surface area contributed by atoms with Crippen LogP contribution in [0.1, 0.15) is 36.0 Å². The number of carbonyl (C=O) groups is 2. The minimum absolute atomic E-state index is 0.100. The second kappa shape index (κ2) is 5.13. The Morgan fingerprint density at radius 3 is 2.80 bits per heavy atom. The molecule has 1 saturated carbocycles. The van der Waals surface area contributed by atoms with Crippen LogP contribution >= 0.6 is 11.8 Å². The van der Waals surface area contributed by atoms with Crippen LogP contribution in [0.4, 0.5) is 5.69 Å². The maximum atomic E-state index is 12.5. The summed E-state index contributed by atoms with van der Waals surface area (Å²) in [6, 6.07) is 5.37. The molecule has 3 rings (SSSR count). The molecule has 0 saturated heterocycles. The Kier molecular flexibility index (Phi) is 3.46. The molecule has 0 unspecified atom stereocenters. The van der Waals surface area contributed by atoms with Crippen molar-refractivity contribution in [3.63, 3.8) is 0 Å². The molecule has 5 heteroatoms. The molecule has 0 radical (unpaired) electrons. The maximum absolute atomic E-state index is 12.5. The van der Waals surface area contributed by atoms with E-state index in [2.05, 4.69) is 5.32 Å². The van der Waals surface area contributed by atoms with Crippen LogP contribution in [0.5, 0.6) is 0 Å². The topological polar surface area (TPSA) is 55.4 Å². The molecule has 1 aliphatic carbocycles. The summed E-state index contributed by atoms with van der Waals surface area (Å²) >= 11 is 1.60. The fourth-order valence-electron chi connectivity index (χ4n) is 3.02. The molecule has 1 heterocycles. The molecule has 0 atom stereocenters. The molecule has 106 valence electrons. The first-order valence-electron chi connectivity index (χ1n) is 6.82. The summed E-state index contributed by atoms with van der Waals surface area (Å²) in [6.07, 6.45) is 4.09. The van der Waals surface area contributed by atoms with Gasteiger partial charge >= 0.3 is 5.97 Å². The molecule has 1 N–H and O–H groups in total. The molecule has 0 bridgehead atoms. The molecule has 1 spiro atoms. The van der Waals surface area contributed by atoms with Gasteiger partial charge < -0.3 is 10.1 Å². The molecule has 4 nitrogen and oxygen atoms in total. The molecule has 1 aliphatic heterocycles. The maximum Gasteiger partial charge on any atom is 0.339 e. The average molecular weight is 291 g/mol. The summed E-state index contributed by atoms with van der Waals surface area (Å²) in [6.45, 7) is 0. The number of anilines is 1. The molecule has 20 heavy (non-hydrogen) atoms. The first kappa shape index (κ1) is 13.5. The minimum atomic E-state index is -0.356. The van der Waals surface area contributed by atoms with E-state index in [-0.39, 0.29) is 17.3 Å². The number of nitrogens with one attached hydrogen (secondary N) is 1. The molecule has 1 fully saturated rings. The summed E-state index contributed by atoms with van der Waals surface area (Å²) in [5.74, 6) is 0.481. The fraction of sp³-hybridized carbons (Fsp3) is 0.467. The van der Waals surface area contributed by atoms with Crippen molar-refractivity contribution in [3.05, 3.63) is 23.8 Å². The quantitative estimate of drug-likeness (QED) is 0.808. The van der Waals surface area contributed by atoms with Gasteiger partial charge in [-0.3, -0.25) is 4.79 Å². The van der Waals surface area contributed by atoms with Crippen LogP contribution in [0.25, 0.3) is 0 Å². The number of methoxy groups -OCH3 is 1. The van der Waals surface area contributed by atoms with Gasteiger partial charge in [-0.25, -0.2) is 4.79 Å². The van der Waals surface area contributed by atoms with Crippen LogP contribution < -0.4 is 5.32 Å². The second-order valence-corrected chi connectivity index (χ2v) is 6.39. The summed E-state index contributed by atoms with van der Waals surface area (Å²) in [5.41, 5.74) is 0.994. The number of carbonyl (C=O) groups excluding carboxylic acids is 2. The zero-order chi connectivity index (χ0) is 14.2. The highest BCUT2D eigenvalue weighted by atomic mass is 32.2. The number of rotatable bonds is 1. The molecule has 1 aromatic rings. The highest BCUT2D eigenvalue weighted by Gasteiger charge is 2.43. The van der Waals surface area contributed by atoms with Crippen LogP contribution in [-0.2, 0) is 9.53 Å². The monoisotopic (exact) mass is 291 g/mol. The van der Waals surface area contributed by atoms with Crippen molar-refractivity contribution in [1.82, 2.24) is 0 Å². The van der Waals surface area contributed by atoms with Crippen molar-refractivity contribution >= 4 is 29.3 Å². The highest BCUT2D eigenvalue weighted by molar-refractivity contribution is 7.99. The van der Waals surface area contributed by atoms with Gasteiger partial charge in [0.2, 0.25) is 5.91 Å². The summed E-state index contributed by atoms with van der Waals surface area (Å²) in [7, 11) is 1.38. The standard InChI is InChI=1S/C15H17NO3S/c1-19-13(17)10-5-4-6-11-12(10)20-9-15(14(18)16-11)7-2-3-8-15/h4-6H,2-3,7-9H2,1H3,(H,16,18). The van der Waals surface area contributed by atoms with E-state index in [0.717, 1.165) is 42.0 Å². The smallest absolute Gasteiger partial charge is 0.339 e. The lowest BCUT2D eigenvalue weighted by Gasteiger charge is -2.24. The average Bonchev–Trinajstić information content (AvgIpc) is 2.89. The van der Waals surface area contributed by atoms with Crippen molar-refractivity contribution in [1.29, 1.82) is 0 Å². The number of benzene rings is 1. The Bertz CT molecular complexity index is 564. The van der Waals surface area contributed by atoms with Gasteiger partial charge in [0.15, 0.2) is 0 Å². The predicted octanol–water partition coefficient (Wildman–Crippen LogP) is 3.08. The number of amides is 1. The zero-order valence-electron chi connectivity index (χ0n) is 11.4. The molecule has 1 amide bonds. The van der Waals surface area contributed by atoms with Crippen LogP contribution in [0.15, 0.2) is 23.1 Å². The Balaban J connectivity index is 1.99. The van der Waals surface area contributed by atoms with Gasteiger partial charge in [0.1, 0.15) is 0 Å². The summed E-state index contributed by atoms with van der Waals surface area (Å²) < 4.78 is 4.82. The summed E-state index contributed by atoms with van der Waals surface area (Å²) in [4.78, 5) is 25.2. The van der Waals surface area contributed by atoms with Crippen LogP contribution in [-0.4, -0.2) is 24.7 Å². The third kappa shape index (κ3) is 2.10. The van der Waals surface area contributed by atoms with E-state index in [4.69, 9.17) is 4.74 Å². The van der Waals surface area contributed by atoms with Gasteiger partial charge in [0, 0.05) is 10.6 Å². The third-order valence-electron chi connectivity index (χ3n) is 4.20. The lowest BCUT2D eigenvalue weighted by atomic mass is 9.87. The Hall–Kier alpha value is -1.49. The lowest BCUT2D eigenvalue weighted by Crippen LogP contribution is -2.34. The number of hydrogen-bond donors (Lipinski definition) is 1. The highest BCUT2D eigenvalue weighted by Crippen LogP contribution is 2.47. The molecular weight excluding hydrogens is 274 g/mol. The van der Waals surface area contributed by atoms with E-state index in [0.29, 0.717) is 5.56 Å². The number of ether oxygens (including phenoxy) is 1. The van der Waals surface area contributed by atoms with Gasteiger partial charge in [0.25, 0.3) is 0 Å². The fourth-order valence-corrected chi connectivity index (χ4v) is 4.44. The molecule has 0 aromatic heterocycles. The largest absolute Gasteiger partial charge is 0.465 e. The lowest BCUT2D eigenvalue weighted by molar-refractivity contribution is -0.124. The SMILES string of the molecule is COC(=O)c1cccc2c1SCC1(CCCC1)C(=O)N2. The second-order valence-electron chi connectivity index (χ2n) is 5.40. The molecular formula is C15H17NO3S. The van der Waals surface area contributed by atoms with Crippen molar-refractivity contribution in [2.24, 2.45) is 5.41 Å². The van der Waals surface area contributed by atoms with Crippen molar-refractivity contribution in [2.45, 2.75) is 30.6 Å². The minimum Gasteiger partial charge on any atom is -0.465 e. The normalized spacial score (nSPS) is 20.1. The van der Waals surface area contributed by atoms with Crippen molar-refractivity contribution in [3.8, 4) is 0 Å². The third-order valence-corrected chi connectivity index (χ3v) is 5.63. The van der Waals surface area contributed by atoms with Gasteiger partial charge in [-0.2, -0.15) is 0 Å². The van der Waals surface area contributed by atoms with Crippen LogP contribution in [0.2, 0.25) is 0 Å². The van der Waals surface area contributed by atoms with Gasteiger partial charge in [-0.15, -0.1) is 11.8 Å². The molecule has 2 aliphatic rings. The molecule has 1 aromatic carbocycles. The van der Waals surface area contributed by atoms with E-state index >= 15 is 0 Å². The number of fused-ring (bicyclic) bond motifs is 1. The van der Waals surface area contributed by atoms with E-state index < -0.39 is 0 Å². The van der Waals surface area contributed by atoms with E-state index in [9.17, 15) is 9.59 Å². The van der Waals surface area contributed by atoms with Gasteiger partial charge in [-0.05, 0) is 25.0 Å². The first-order chi connectivity index (χ1) is 9.66. The van der Waals surface area contributed by atoms with E-state index in [1.807, 2.05) is 6.07 Å². The van der Waals surface area contributed by atoms with Crippen molar-refractivity contribution in [2.75, 3.05) is 18.2 Å².